The highest BCUT2D eigenvalue weighted by Crippen LogP contribution is 2.36. The molecule has 0 rings (SSSR count). The molecule has 8 heteroatoms. The van der Waals surface area contributed by atoms with Gasteiger partial charge in [-0.25, -0.2) is 0 Å². The summed E-state index contributed by atoms with van der Waals surface area (Å²) in [6.45, 7) is 15.3. The van der Waals surface area contributed by atoms with Gasteiger partial charge >= 0.3 is 0 Å². The predicted molar refractivity (Wildman–Crippen MR) is 89.6 cm³/mol. The normalized spacial score (nSPS) is 12.2. The Morgan fingerprint density at radius 3 is 1.77 bits per heavy atom. The summed E-state index contributed by atoms with van der Waals surface area (Å²) in [7, 11) is -1.66. The maximum absolute atomic E-state index is 8.07. The highest BCUT2D eigenvalue weighted by atomic mass is 28.4. The summed E-state index contributed by atoms with van der Waals surface area (Å²) >= 11 is 0. The van der Waals surface area contributed by atoms with Gasteiger partial charge in [0.2, 0.25) is 0 Å². The highest BCUT2D eigenvalue weighted by Gasteiger charge is 2.36. The molecule has 0 amide bonds. The Kier molecular flexibility index (Phi) is 11.5. The molecule has 0 heterocycles. The van der Waals surface area contributed by atoms with Crippen molar-refractivity contribution in [3.8, 4) is 0 Å². The number of nitrogens with zero attached hydrogens (tertiary/aromatic N) is 3. The van der Waals surface area contributed by atoms with Crippen LogP contribution in [0.15, 0.2) is 5.11 Å². The lowest BCUT2D eigenvalue weighted by atomic mass is 10.2. The van der Waals surface area contributed by atoms with Gasteiger partial charge in [0.1, 0.15) is 0 Å². The third kappa shape index (κ3) is 11.0. The van der Waals surface area contributed by atoms with Crippen LogP contribution in [0.3, 0.4) is 0 Å². The number of hydrogen-bond donors (Lipinski definition) is 0. The number of azide groups is 1. The average molecular weight is 334 g/mol. The van der Waals surface area contributed by atoms with E-state index in [2.05, 4.69) is 43.9 Å². The van der Waals surface area contributed by atoms with Crippen LogP contribution in [-0.4, -0.2) is 61.1 Å². The van der Waals surface area contributed by atoms with Crippen LogP contribution in [0.5, 0.6) is 0 Å². The lowest BCUT2D eigenvalue weighted by molar-refractivity contribution is 0.00974. The predicted octanol–water partition coefficient (Wildman–Crippen LogP) is 3.37. The minimum Gasteiger partial charge on any atom is -0.414 e. The summed E-state index contributed by atoms with van der Waals surface area (Å²) < 4.78 is 22.0. The molecule has 0 aromatic carbocycles. The zero-order valence-corrected chi connectivity index (χ0v) is 15.6. The van der Waals surface area contributed by atoms with Gasteiger partial charge in [0, 0.05) is 11.5 Å². The van der Waals surface area contributed by atoms with Crippen molar-refractivity contribution in [2.24, 2.45) is 5.11 Å². The molecule has 0 N–H and O–H groups in total. The van der Waals surface area contributed by atoms with Crippen molar-refractivity contribution in [2.45, 2.75) is 38.9 Å². The van der Waals surface area contributed by atoms with Crippen LogP contribution in [0.1, 0.15) is 20.8 Å². The summed E-state index contributed by atoms with van der Waals surface area (Å²) in [5.41, 5.74) is 8.07. The van der Waals surface area contributed by atoms with E-state index in [1.165, 1.54) is 0 Å². The summed E-state index contributed by atoms with van der Waals surface area (Å²) in [6.07, 6.45) is 0. The Morgan fingerprint density at radius 2 is 1.32 bits per heavy atom. The van der Waals surface area contributed by atoms with Crippen molar-refractivity contribution in [2.75, 3.05) is 52.8 Å². The van der Waals surface area contributed by atoms with E-state index in [0.717, 1.165) is 0 Å². The van der Waals surface area contributed by atoms with Crippen LogP contribution < -0.4 is 0 Å². The van der Waals surface area contributed by atoms with Gasteiger partial charge in [0.05, 0.1) is 46.2 Å². The van der Waals surface area contributed by atoms with Gasteiger partial charge in [0.15, 0.2) is 8.32 Å². The van der Waals surface area contributed by atoms with Gasteiger partial charge in [-0.05, 0) is 23.7 Å². The van der Waals surface area contributed by atoms with Crippen molar-refractivity contribution in [3.63, 3.8) is 0 Å². The Hall–Kier alpha value is -0.633. The van der Waals surface area contributed by atoms with E-state index in [1.54, 1.807) is 0 Å². The molecular formula is C14H31N3O4Si. The average Bonchev–Trinajstić information content (AvgIpc) is 2.42. The van der Waals surface area contributed by atoms with Gasteiger partial charge in [-0.3, -0.25) is 0 Å². The number of hydrogen-bond acceptors (Lipinski definition) is 5. The number of rotatable bonds is 13. The van der Waals surface area contributed by atoms with Crippen LogP contribution in [0.4, 0.5) is 0 Å². The van der Waals surface area contributed by atoms with Gasteiger partial charge in [-0.15, -0.1) is 0 Å². The fourth-order valence-electron chi connectivity index (χ4n) is 1.26. The fraction of sp³-hybridized carbons (Fsp3) is 1.00. The molecule has 0 saturated carbocycles. The van der Waals surface area contributed by atoms with Gasteiger partial charge in [-0.1, -0.05) is 25.9 Å². The van der Waals surface area contributed by atoms with Crippen LogP contribution in [0, 0.1) is 0 Å². The van der Waals surface area contributed by atoms with E-state index < -0.39 is 8.32 Å². The Bertz CT molecular complexity index is 329. The number of ether oxygens (including phenoxy) is 3. The monoisotopic (exact) mass is 333 g/mol. The molecule has 22 heavy (non-hydrogen) atoms. The van der Waals surface area contributed by atoms with Crippen molar-refractivity contribution >= 4 is 8.32 Å². The molecule has 0 unspecified atom stereocenters. The molecule has 0 aromatic rings. The summed E-state index contributed by atoms with van der Waals surface area (Å²) in [5.74, 6) is 0. The van der Waals surface area contributed by atoms with Crippen molar-refractivity contribution in [1.82, 2.24) is 0 Å². The molecule has 7 nitrogen and oxygen atoms in total. The van der Waals surface area contributed by atoms with Crippen molar-refractivity contribution in [3.05, 3.63) is 10.4 Å². The lowest BCUT2D eigenvalue weighted by Gasteiger charge is -2.36. The quantitative estimate of drug-likeness (QED) is 0.170. The zero-order valence-electron chi connectivity index (χ0n) is 14.6. The van der Waals surface area contributed by atoms with E-state index in [4.69, 9.17) is 24.2 Å². The van der Waals surface area contributed by atoms with E-state index in [-0.39, 0.29) is 5.04 Å². The Balaban J connectivity index is 3.32. The first kappa shape index (κ1) is 21.4. The van der Waals surface area contributed by atoms with E-state index >= 15 is 0 Å². The van der Waals surface area contributed by atoms with E-state index in [0.29, 0.717) is 52.8 Å². The topological polar surface area (TPSA) is 85.7 Å². The van der Waals surface area contributed by atoms with Gasteiger partial charge < -0.3 is 18.6 Å². The second kappa shape index (κ2) is 11.9. The molecule has 130 valence electrons. The molecule has 0 atom stereocenters. The molecule has 0 spiro atoms. The summed E-state index contributed by atoms with van der Waals surface area (Å²) in [5, 5.41) is 3.60. The summed E-state index contributed by atoms with van der Waals surface area (Å²) in [6, 6.07) is 0. The van der Waals surface area contributed by atoms with Crippen LogP contribution in [-0.2, 0) is 18.6 Å². The van der Waals surface area contributed by atoms with E-state index in [9.17, 15) is 0 Å². The molecule has 0 bridgehead atoms. The standard InChI is InChI=1S/C14H31N3O4Si/c1-14(2,3)22(4,5)21-13-12-20-11-10-19-9-8-18-7-6-16-17-15/h6-13H2,1-5H3. The molecular weight excluding hydrogens is 302 g/mol. The Morgan fingerprint density at radius 1 is 0.864 bits per heavy atom. The first-order valence-corrected chi connectivity index (χ1v) is 10.6. The smallest absolute Gasteiger partial charge is 0.192 e. The third-order valence-electron chi connectivity index (χ3n) is 3.64. The van der Waals surface area contributed by atoms with Gasteiger partial charge in [0.25, 0.3) is 0 Å². The first-order chi connectivity index (χ1) is 10.3. The highest BCUT2D eigenvalue weighted by molar-refractivity contribution is 6.74. The molecule has 0 aromatic heterocycles. The summed E-state index contributed by atoms with van der Waals surface area (Å²) in [4.78, 5) is 2.64. The third-order valence-corrected chi connectivity index (χ3v) is 8.18. The van der Waals surface area contributed by atoms with Gasteiger partial charge in [-0.2, -0.15) is 0 Å². The van der Waals surface area contributed by atoms with Crippen LogP contribution in [0.2, 0.25) is 18.1 Å². The lowest BCUT2D eigenvalue weighted by Crippen LogP contribution is -2.41. The van der Waals surface area contributed by atoms with Crippen molar-refractivity contribution in [1.29, 1.82) is 0 Å². The maximum atomic E-state index is 8.07. The molecule has 0 radical (unpaired) electrons. The van der Waals surface area contributed by atoms with Crippen LogP contribution >= 0.6 is 0 Å². The molecule has 0 aliphatic rings. The minimum absolute atomic E-state index is 0.231. The molecule has 0 aliphatic heterocycles. The first-order valence-electron chi connectivity index (χ1n) is 7.69. The SMILES string of the molecule is CC(C)(C)[Si](C)(C)OCCOCCOCCOCCN=[N+]=[N-]. The maximum Gasteiger partial charge on any atom is 0.192 e. The fourth-order valence-corrected chi connectivity index (χ4v) is 2.29. The molecule has 0 fully saturated rings. The zero-order chi connectivity index (χ0) is 16.9. The minimum atomic E-state index is -1.66. The molecule has 0 aliphatic carbocycles. The second-order valence-corrected chi connectivity index (χ2v) is 11.2. The second-order valence-electron chi connectivity index (χ2n) is 6.40. The molecule has 0 saturated heterocycles. The Labute approximate surface area is 135 Å². The van der Waals surface area contributed by atoms with Crippen molar-refractivity contribution < 1.29 is 18.6 Å². The van der Waals surface area contributed by atoms with E-state index in [1.807, 2.05) is 0 Å². The van der Waals surface area contributed by atoms with Crippen LogP contribution in [0.25, 0.3) is 10.4 Å². The largest absolute Gasteiger partial charge is 0.414 e.